The van der Waals surface area contributed by atoms with Crippen LogP contribution < -0.4 is 0 Å². The minimum atomic E-state index is -3.61. The van der Waals surface area contributed by atoms with Gasteiger partial charge in [-0.05, 0) is 30.9 Å². The molecule has 7 heteroatoms. The van der Waals surface area contributed by atoms with Gasteiger partial charge in [-0.2, -0.15) is 0 Å². The Kier molecular flexibility index (Phi) is 3.98. The van der Waals surface area contributed by atoms with Gasteiger partial charge in [0.2, 0.25) is 5.89 Å². The van der Waals surface area contributed by atoms with Crippen molar-refractivity contribution in [3.8, 4) is 0 Å². The Bertz CT molecular complexity index is 845. The van der Waals surface area contributed by atoms with Crippen LogP contribution in [0.4, 0.5) is 0 Å². The molecule has 0 atom stereocenters. The number of fused-ring (bicyclic) bond motifs is 1. The summed E-state index contributed by atoms with van der Waals surface area (Å²) < 4.78 is 31.6. The SMILES string of the molecule is CC(C)(C)c1nc2ccc(Cl)c(S(=O)(=O)C3CC(CO)C3)c2o1. The Morgan fingerprint density at radius 3 is 2.57 bits per heavy atom. The van der Waals surface area contributed by atoms with Crippen LogP contribution in [-0.4, -0.2) is 30.4 Å². The predicted octanol–water partition coefficient (Wildman–Crippen LogP) is 3.32. The summed E-state index contributed by atoms with van der Waals surface area (Å²) in [5.74, 6) is 0.528. The maximum Gasteiger partial charge on any atom is 0.200 e. The third-order valence-corrected chi connectivity index (χ3v) is 6.94. The molecule has 0 amide bonds. The van der Waals surface area contributed by atoms with Crippen molar-refractivity contribution in [1.29, 1.82) is 0 Å². The van der Waals surface area contributed by atoms with Gasteiger partial charge in [-0.3, -0.25) is 0 Å². The number of nitrogens with zero attached hydrogens (tertiary/aromatic N) is 1. The first-order valence-electron chi connectivity index (χ1n) is 7.59. The molecular formula is C16H20ClNO4S. The summed E-state index contributed by atoms with van der Waals surface area (Å²) in [6.45, 7) is 5.86. The number of aromatic nitrogens is 1. The first-order valence-corrected chi connectivity index (χ1v) is 9.51. The number of benzene rings is 1. The van der Waals surface area contributed by atoms with Gasteiger partial charge in [0.05, 0.1) is 10.3 Å². The highest BCUT2D eigenvalue weighted by Crippen LogP contribution is 2.41. The summed E-state index contributed by atoms with van der Waals surface area (Å²) in [4.78, 5) is 4.43. The number of halogens is 1. The Balaban J connectivity index is 2.13. The monoisotopic (exact) mass is 357 g/mol. The van der Waals surface area contributed by atoms with Crippen molar-refractivity contribution in [3.05, 3.63) is 23.0 Å². The van der Waals surface area contributed by atoms with Crippen molar-refractivity contribution in [1.82, 2.24) is 4.98 Å². The molecule has 1 fully saturated rings. The van der Waals surface area contributed by atoms with Crippen molar-refractivity contribution in [2.75, 3.05) is 6.61 Å². The number of aliphatic hydroxyl groups excluding tert-OH is 1. The number of hydrogen-bond donors (Lipinski definition) is 1. The zero-order valence-electron chi connectivity index (χ0n) is 13.3. The molecule has 1 heterocycles. The van der Waals surface area contributed by atoms with Crippen molar-refractivity contribution in [2.24, 2.45) is 5.92 Å². The van der Waals surface area contributed by atoms with E-state index in [1.54, 1.807) is 12.1 Å². The molecule has 0 radical (unpaired) electrons. The van der Waals surface area contributed by atoms with Crippen LogP contribution in [0.3, 0.4) is 0 Å². The predicted molar refractivity (Wildman–Crippen MR) is 88.5 cm³/mol. The highest BCUT2D eigenvalue weighted by Gasteiger charge is 2.41. The molecule has 2 aromatic rings. The van der Waals surface area contributed by atoms with Gasteiger partial charge < -0.3 is 9.52 Å². The van der Waals surface area contributed by atoms with Crippen molar-refractivity contribution in [2.45, 2.75) is 49.2 Å². The summed E-state index contributed by atoms with van der Waals surface area (Å²) in [7, 11) is -3.61. The fourth-order valence-corrected chi connectivity index (χ4v) is 5.37. The van der Waals surface area contributed by atoms with E-state index < -0.39 is 15.1 Å². The van der Waals surface area contributed by atoms with Gasteiger partial charge in [-0.1, -0.05) is 32.4 Å². The molecule has 1 aliphatic carbocycles. The van der Waals surface area contributed by atoms with Gasteiger partial charge in [0, 0.05) is 12.0 Å². The zero-order chi connectivity index (χ0) is 17.0. The summed E-state index contributed by atoms with van der Waals surface area (Å²) in [6, 6.07) is 3.22. The Morgan fingerprint density at radius 1 is 1.35 bits per heavy atom. The molecule has 0 unspecified atom stereocenters. The molecule has 0 bridgehead atoms. The smallest absolute Gasteiger partial charge is 0.200 e. The van der Waals surface area contributed by atoms with Crippen LogP contribution in [0.2, 0.25) is 5.02 Å². The molecule has 0 aliphatic heterocycles. The van der Waals surface area contributed by atoms with E-state index in [-0.39, 0.29) is 33.4 Å². The summed E-state index contributed by atoms with van der Waals surface area (Å²) in [6.07, 6.45) is 0.900. The number of sulfone groups is 1. The van der Waals surface area contributed by atoms with E-state index in [1.165, 1.54) is 0 Å². The molecule has 126 valence electrons. The van der Waals surface area contributed by atoms with Gasteiger partial charge in [0.1, 0.15) is 10.4 Å². The van der Waals surface area contributed by atoms with Crippen LogP contribution in [0.5, 0.6) is 0 Å². The third-order valence-electron chi connectivity index (χ3n) is 4.28. The lowest BCUT2D eigenvalue weighted by molar-refractivity contribution is 0.165. The zero-order valence-corrected chi connectivity index (χ0v) is 14.9. The number of rotatable bonds is 3. The average molecular weight is 358 g/mol. The molecule has 1 aromatic carbocycles. The molecule has 5 nitrogen and oxygen atoms in total. The Morgan fingerprint density at radius 2 is 2.00 bits per heavy atom. The standard InChI is InChI=1S/C16H20ClNO4S/c1-16(2,3)15-18-12-5-4-11(17)14(13(12)22-15)23(20,21)10-6-9(7-10)8-19/h4-5,9-10,19H,6-8H2,1-3H3. The van der Waals surface area contributed by atoms with E-state index in [2.05, 4.69) is 4.98 Å². The summed E-state index contributed by atoms with van der Waals surface area (Å²) in [5, 5.41) is 8.74. The molecule has 1 aromatic heterocycles. The second-order valence-corrected chi connectivity index (χ2v) is 9.75. The maximum atomic E-state index is 12.9. The van der Waals surface area contributed by atoms with E-state index in [4.69, 9.17) is 21.1 Å². The van der Waals surface area contributed by atoms with Gasteiger partial charge in [-0.15, -0.1) is 0 Å². The second-order valence-electron chi connectivity index (χ2n) is 7.18. The number of hydrogen-bond acceptors (Lipinski definition) is 5. The van der Waals surface area contributed by atoms with Gasteiger partial charge in [0.15, 0.2) is 15.4 Å². The molecular weight excluding hydrogens is 338 g/mol. The van der Waals surface area contributed by atoms with E-state index in [0.717, 1.165) is 0 Å². The number of oxazole rings is 1. The van der Waals surface area contributed by atoms with E-state index in [0.29, 0.717) is 24.2 Å². The van der Waals surface area contributed by atoms with E-state index >= 15 is 0 Å². The van der Waals surface area contributed by atoms with Crippen molar-refractivity contribution >= 4 is 32.5 Å². The minimum absolute atomic E-state index is 0.0143. The average Bonchev–Trinajstić information content (AvgIpc) is 2.80. The molecule has 1 N–H and O–H groups in total. The maximum absolute atomic E-state index is 12.9. The van der Waals surface area contributed by atoms with Crippen LogP contribution in [0, 0.1) is 5.92 Å². The van der Waals surface area contributed by atoms with Crippen LogP contribution in [0.25, 0.3) is 11.1 Å². The molecule has 1 saturated carbocycles. The molecule has 1 aliphatic rings. The fraction of sp³-hybridized carbons (Fsp3) is 0.562. The lowest BCUT2D eigenvalue weighted by Gasteiger charge is -2.33. The lowest BCUT2D eigenvalue weighted by Crippen LogP contribution is -2.37. The van der Waals surface area contributed by atoms with Crippen LogP contribution in [0.15, 0.2) is 21.4 Å². The Hall–Kier alpha value is -1.11. The summed E-state index contributed by atoms with van der Waals surface area (Å²) in [5.41, 5.74) is 0.399. The highest BCUT2D eigenvalue weighted by atomic mass is 35.5. The fourth-order valence-electron chi connectivity index (χ4n) is 2.77. The van der Waals surface area contributed by atoms with Gasteiger partial charge in [-0.25, -0.2) is 13.4 Å². The Labute approximate surface area is 140 Å². The highest BCUT2D eigenvalue weighted by molar-refractivity contribution is 7.92. The topological polar surface area (TPSA) is 80.4 Å². The van der Waals surface area contributed by atoms with Crippen LogP contribution >= 0.6 is 11.6 Å². The first-order chi connectivity index (χ1) is 10.6. The molecule has 0 spiro atoms. The van der Waals surface area contributed by atoms with Gasteiger partial charge in [0.25, 0.3) is 0 Å². The molecule has 0 saturated heterocycles. The quantitative estimate of drug-likeness (QED) is 0.911. The summed E-state index contributed by atoms with van der Waals surface area (Å²) >= 11 is 6.19. The van der Waals surface area contributed by atoms with Gasteiger partial charge >= 0.3 is 0 Å². The van der Waals surface area contributed by atoms with Crippen molar-refractivity contribution in [3.63, 3.8) is 0 Å². The van der Waals surface area contributed by atoms with E-state index in [9.17, 15) is 8.42 Å². The lowest BCUT2D eigenvalue weighted by atomic mass is 9.86. The largest absolute Gasteiger partial charge is 0.439 e. The second kappa shape index (κ2) is 5.46. The molecule has 23 heavy (non-hydrogen) atoms. The number of aliphatic hydroxyl groups is 1. The molecule has 3 rings (SSSR count). The van der Waals surface area contributed by atoms with E-state index in [1.807, 2.05) is 20.8 Å². The normalized spacial score (nSPS) is 22.3. The minimum Gasteiger partial charge on any atom is -0.439 e. The van der Waals surface area contributed by atoms with Crippen LogP contribution in [-0.2, 0) is 15.3 Å². The third kappa shape index (κ3) is 2.77. The van der Waals surface area contributed by atoms with Crippen LogP contribution in [0.1, 0.15) is 39.5 Å². The van der Waals surface area contributed by atoms with Crippen molar-refractivity contribution < 1.29 is 17.9 Å². The first kappa shape index (κ1) is 16.7.